The third kappa shape index (κ3) is 4.55. The Labute approximate surface area is 142 Å². The van der Waals surface area contributed by atoms with Crippen LogP contribution in [0.5, 0.6) is 0 Å². The van der Waals surface area contributed by atoms with Gasteiger partial charge in [-0.3, -0.25) is 9.35 Å². The van der Waals surface area contributed by atoms with Crippen LogP contribution in [0, 0.1) is 0 Å². The van der Waals surface area contributed by atoms with Crippen molar-refractivity contribution in [2.24, 2.45) is 0 Å². The van der Waals surface area contributed by atoms with E-state index in [0.29, 0.717) is 17.5 Å². The Morgan fingerprint density at radius 1 is 1.09 bits per heavy atom. The van der Waals surface area contributed by atoms with Gasteiger partial charge in [0.2, 0.25) is 5.91 Å². The van der Waals surface area contributed by atoms with Gasteiger partial charge in [0.25, 0.3) is 10.1 Å². The van der Waals surface area contributed by atoms with Crippen LogP contribution >= 0.6 is 22.6 Å². The van der Waals surface area contributed by atoms with Crippen molar-refractivity contribution in [3.8, 4) is 0 Å². The number of halogens is 1. The van der Waals surface area contributed by atoms with Crippen LogP contribution in [0.4, 0.5) is 5.69 Å². The monoisotopic (exact) mass is 434 g/mol. The number of hydrogen-bond acceptors (Lipinski definition) is 4. The van der Waals surface area contributed by atoms with Gasteiger partial charge in [0.15, 0.2) is 0 Å². The minimum Gasteiger partial charge on any atom is -0.383 e. The van der Waals surface area contributed by atoms with Crippen molar-refractivity contribution in [3.63, 3.8) is 0 Å². The Balaban J connectivity index is 2.06. The lowest BCUT2D eigenvalue weighted by Gasteiger charge is -2.09. The maximum Gasteiger partial charge on any atom is 0.294 e. The Bertz CT molecular complexity index is 793. The van der Waals surface area contributed by atoms with Crippen molar-refractivity contribution in [3.05, 3.63) is 36.4 Å². The summed E-state index contributed by atoms with van der Waals surface area (Å²) >= 11 is 2.00. The number of nitrogens with one attached hydrogen (secondary N) is 2. The first-order valence-corrected chi connectivity index (χ1v) is 9.44. The number of carbonyl (C=O) groups is 1. The summed E-state index contributed by atoms with van der Waals surface area (Å²) in [5, 5.41) is 7.51. The maximum absolute atomic E-state index is 11.1. The number of fused-ring (bicyclic) bond motifs is 1. The summed E-state index contributed by atoms with van der Waals surface area (Å²) in [5.74, 6) is -0.00125. The molecule has 0 aliphatic carbocycles. The summed E-state index contributed by atoms with van der Waals surface area (Å²) in [6, 6.07) is 9.90. The zero-order chi connectivity index (χ0) is 16.2. The fourth-order valence-corrected chi connectivity index (χ4v) is 2.74. The Morgan fingerprint density at radius 2 is 1.77 bits per heavy atom. The molecule has 0 spiro atoms. The van der Waals surface area contributed by atoms with Crippen molar-refractivity contribution in [1.29, 1.82) is 0 Å². The molecule has 118 valence electrons. The average Bonchev–Trinajstić information content (AvgIpc) is 2.49. The molecule has 0 aliphatic rings. The fourth-order valence-electron chi connectivity index (χ4n) is 1.95. The number of alkyl halides is 1. The van der Waals surface area contributed by atoms with Crippen LogP contribution in [0.3, 0.4) is 0 Å². The predicted molar refractivity (Wildman–Crippen MR) is 94.1 cm³/mol. The SMILES string of the molecule is O=C(CI)NCCNc1ccc2cc(S(=O)(=O)O)ccc2c1. The maximum atomic E-state index is 11.1. The molecule has 0 saturated carbocycles. The molecule has 1 amide bonds. The number of benzene rings is 2. The molecule has 22 heavy (non-hydrogen) atoms. The number of carbonyl (C=O) groups excluding carboxylic acids is 1. The van der Waals surface area contributed by atoms with Crippen molar-refractivity contribution in [1.82, 2.24) is 5.32 Å². The molecular formula is C14H15IN2O4S. The van der Waals surface area contributed by atoms with E-state index in [1.165, 1.54) is 12.1 Å². The van der Waals surface area contributed by atoms with Gasteiger partial charge in [0.1, 0.15) is 0 Å². The van der Waals surface area contributed by atoms with Gasteiger partial charge in [-0.25, -0.2) is 0 Å². The highest BCUT2D eigenvalue weighted by Gasteiger charge is 2.09. The minimum absolute atomic E-state index is 0.00125. The van der Waals surface area contributed by atoms with E-state index in [1.807, 2.05) is 34.7 Å². The van der Waals surface area contributed by atoms with Crippen LogP contribution in [-0.2, 0) is 14.9 Å². The van der Waals surface area contributed by atoms with Gasteiger partial charge in [0, 0.05) is 18.8 Å². The molecule has 0 aliphatic heterocycles. The summed E-state index contributed by atoms with van der Waals surface area (Å²) in [6.45, 7) is 1.12. The normalized spacial score (nSPS) is 11.4. The molecule has 0 aromatic heterocycles. The number of hydrogen-bond donors (Lipinski definition) is 3. The lowest BCUT2D eigenvalue weighted by atomic mass is 10.1. The quantitative estimate of drug-likeness (QED) is 0.280. The van der Waals surface area contributed by atoms with Crippen LogP contribution < -0.4 is 10.6 Å². The van der Waals surface area contributed by atoms with Crippen LogP contribution in [0.1, 0.15) is 0 Å². The van der Waals surface area contributed by atoms with Gasteiger partial charge in [-0.2, -0.15) is 8.42 Å². The second-order valence-electron chi connectivity index (χ2n) is 4.61. The zero-order valence-corrected chi connectivity index (χ0v) is 14.5. The Hall–Kier alpha value is -1.39. The zero-order valence-electron chi connectivity index (χ0n) is 11.5. The topological polar surface area (TPSA) is 95.5 Å². The van der Waals surface area contributed by atoms with E-state index < -0.39 is 10.1 Å². The average molecular weight is 434 g/mol. The van der Waals surface area contributed by atoms with Crippen LogP contribution in [-0.4, -0.2) is 36.4 Å². The number of anilines is 1. The van der Waals surface area contributed by atoms with E-state index in [1.54, 1.807) is 12.1 Å². The van der Waals surface area contributed by atoms with Crippen LogP contribution in [0.15, 0.2) is 41.3 Å². The second kappa shape index (κ2) is 7.25. The third-order valence-corrected chi connectivity index (χ3v) is 4.55. The summed E-state index contributed by atoms with van der Waals surface area (Å²) in [7, 11) is -4.19. The third-order valence-electron chi connectivity index (χ3n) is 3.01. The molecule has 0 heterocycles. The van der Waals surface area contributed by atoms with Gasteiger partial charge in [0.05, 0.1) is 9.32 Å². The lowest BCUT2D eigenvalue weighted by molar-refractivity contribution is -0.118. The van der Waals surface area contributed by atoms with Crippen LogP contribution in [0.2, 0.25) is 0 Å². The summed E-state index contributed by atoms with van der Waals surface area (Å²) < 4.78 is 31.7. The van der Waals surface area contributed by atoms with E-state index in [9.17, 15) is 13.2 Å². The molecule has 0 fully saturated rings. The standard InChI is InChI=1S/C14H15IN2O4S/c15-9-14(18)17-6-5-16-12-3-1-11-8-13(22(19,20)21)4-2-10(11)7-12/h1-4,7-8,16H,5-6,9H2,(H,17,18)(H,19,20,21). The highest BCUT2D eigenvalue weighted by Crippen LogP contribution is 2.22. The van der Waals surface area contributed by atoms with E-state index in [2.05, 4.69) is 10.6 Å². The Kier molecular flexibility index (Phi) is 5.59. The molecule has 2 aromatic carbocycles. The van der Waals surface area contributed by atoms with E-state index >= 15 is 0 Å². The summed E-state index contributed by atoms with van der Waals surface area (Å²) in [4.78, 5) is 11.0. The molecule has 0 unspecified atom stereocenters. The number of rotatable bonds is 6. The highest BCUT2D eigenvalue weighted by atomic mass is 127. The molecule has 2 aromatic rings. The van der Waals surface area contributed by atoms with E-state index in [0.717, 1.165) is 16.5 Å². The number of amides is 1. The van der Waals surface area contributed by atoms with Crippen molar-refractivity contribution in [2.75, 3.05) is 22.8 Å². The smallest absolute Gasteiger partial charge is 0.294 e. The molecule has 3 N–H and O–H groups in total. The van der Waals surface area contributed by atoms with Crippen LogP contribution in [0.25, 0.3) is 10.8 Å². The van der Waals surface area contributed by atoms with Gasteiger partial charge in [-0.15, -0.1) is 0 Å². The fraction of sp³-hybridized carbons (Fsp3) is 0.214. The highest BCUT2D eigenvalue weighted by molar-refractivity contribution is 14.1. The van der Waals surface area contributed by atoms with E-state index in [4.69, 9.17) is 4.55 Å². The van der Waals surface area contributed by atoms with Crippen molar-refractivity contribution >= 4 is 55.1 Å². The Morgan fingerprint density at radius 3 is 2.45 bits per heavy atom. The molecule has 0 atom stereocenters. The second-order valence-corrected chi connectivity index (χ2v) is 6.79. The first-order chi connectivity index (χ1) is 10.4. The summed E-state index contributed by atoms with van der Waals surface area (Å²) in [5.41, 5.74) is 0.871. The minimum atomic E-state index is -4.19. The molecule has 0 bridgehead atoms. The van der Waals surface area contributed by atoms with Gasteiger partial charge in [-0.05, 0) is 35.0 Å². The van der Waals surface area contributed by atoms with E-state index in [-0.39, 0.29) is 10.8 Å². The molecule has 2 rings (SSSR count). The largest absolute Gasteiger partial charge is 0.383 e. The lowest BCUT2D eigenvalue weighted by Crippen LogP contribution is -2.29. The molecule has 8 heteroatoms. The van der Waals surface area contributed by atoms with Crippen molar-refractivity contribution in [2.45, 2.75) is 4.90 Å². The molecule has 6 nitrogen and oxygen atoms in total. The molecule has 0 saturated heterocycles. The van der Waals surface area contributed by atoms with Gasteiger partial charge in [-0.1, -0.05) is 34.7 Å². The first-order valence-electron chi connectivity index (χ1n) is 6.48. The predicted octanol–water partition coefficient (Wildman–Crippen LogP) is 2.05. The first kappa shape index (κ1) is 17.0. The molecular weight excluding hydrogens is 419 g/mol. The van der Waals surface area contributed by atoms with Gasteiger partial charge < -0.3 is 10.6 Å². The summed E-state index contributed by atoms with van der Waals surface area (Å²) in [6.07, 6.45) is 0. The van der Waals surface area contributed by atoms with Crippen molar-refractivity contribution < 1.29 is 17.8 Å². The van der Waals surface area contributed by atoms with Gasteiger partial charge >= 0.3 is 0 Å². The molecule has 0 radical (unpaired) electrons.